The van der Waals surface area contributed by atoms with E-state index in [1.165, 1.54) is 18.7 Å². The SMILES string of the molecule is CCN1C(=O)/C(=C2/Sc3ccccc3N2C)SC1=Nc1ccc(C(C)=O)cc1. The van der Waals surface area contributed by atoms with Crippen LogP contribution in [0.5, 0.6) is 0 Å². The van der Waals surface area contributed by atoms with Gasteiger partial charge in [-0.1, -0.05) is 23.9 Å². The van der Waals surface area contributed by atoms with E-state index in [1.54, 1.807) is 40.9 Å². The zero-order chi connectivity index (χ0) is 19.8. The van der Waals surface area contributed by atoms with Crippen LogP contribution in [0.1, 0.15) is 24.2 Å². The van der Waals surface area contributed by atoms with Crippen molar-refractivity contribution in [2.45, 2.75) is 18.7 Å². The normalized spacial score (nSPS) is 20.2. The fourth-order valence-electron chi connectivity index (χ4n) is 3.08. The first-order valence-electron chi connectivity index (χ1n) is 8.94. The summed E-state index contributed by atoms with van der Waals surface area (Å²) in [6, 6.07) is 15.3. The number of hydrogen-bond donors (Lipinski definition) is 0. The van der Waals surface area contributed by atoms with Gasteiger partial charge < -0.3 is 4.90 Å². The van der Waals surface area contributed by atoms with Crippen LogP contribution in [-0.4, -0.2) is 35.4 Å². The Kier molecular flexibility index (Phi) is 5.03. The van der Waals surface area contributed by atoms with Crippen molar-refractivity contribution in [2.24, 2.45) is 4.99 Å². The molecule has 1 amide bonds. The first kappa shape index (κ1) is 18.8. The first-order chi connectivity index (χ1) is 13.5. The van der Waals surface area contributed by atoms with Gasteiger partial charge in [0.25, 0.3) is 5.91 Å². The monoisotopic (exact) mass is 409 g/mol. The highest BCUT2D eigenvalue weighted by atomic mass is 32.2. The first-order valence-corrected chi connectivity index (χ1v) is 10.6. The Labute approximate surface area is 172 Å². The molecule has 0 unspecified atom stereocenters. The van der Waals surface area contributed by atoms with Gasteiger partial charge in [0.05, 0.1) is 16.4 Å². The van der Waals surface area contributed by atoms with Crippen molar-refractivity contribution in [2.75, 3.05) is 18.5 Å². The van der Waals surface area contributed by atoms with E-state index in [2.05, 4.69) is 22.0 Å². The number of anilines is 1. The van der Waals surface area contributed by atoms with E-state index in [1.807, 2.05) is 26.1 Å². The Balaban J connectivity index is 1.68. The van der Waals surface area contributed by atoms with Crippen molar-refractivity contribution >= 4 is 51.8 Å². The molecular formula is C21H19N3O2S2. The minimum Gasteiger partial charge on any atom is -0.337 e. The predicted molar refractivity (Wildman–Crippen MR) is 116 cm³/mol. The summed E-state index contributed by atoms with van der Waals surface area (Å²) in [6.45, 7) is 4.03. The molecule has 28 heavy (non-hydrogen) atoms. The van der Waals surface area contributed by atoms with Gasteiger partial charge in [-0.05, 0) is 62.0 Å². The summed E-state index contributed by atoms with van der Waals surface area (Å²) in [5.41, 5.74) is 2.48. The number of amidine groups is 1. The van der Waals surface area contributed by atoms with Crippen molar-refractivity contribution < 1.29 is 9.59 Å². The van der Waals surface area contributed by atoms with Crippen molar-refractivity contribution in [1.82, 2.24) is 4.90 Å². The Morgan fingerprint density at radius 2 is 1.79 bits per heavy atom. The summed E-state index contributed by atoms with van der Waals surface area (Å²) < 4.78 is 0. The lowest BCUT2D eigenvalue weighted by molar-refractivity contribution is -0.122. The molecule has 0 spiro atoms. The van der Waals surface area contributed by atoms with E-state index in [-0.39, 0.29) is 11.7 Å². The number of benzene rings is 2. The molecule has 0 bridgehead atoms. The lowest BCUT2D eigenvalue weighted by Gasteiger charge is -2.15. The van der Waals surface area contributed by atoms with Gasteiger partial charge in [0.2, 0.25) is 0 Å². The minimum atomic E-state index is -0.0197. The number of nitrogens with zero attached hydrogens (tertiary/aromatic N) is 3. The lowest BCUT2D eigenvalue weighted by atomic mass is 10.1. The summed E-state index contributed by atoms with van der Waals surface area (Å²) in [5.74, 6) is 0.00134. The van der Waals surface area contributed by atoms with Gasteiger partial charge >= 0.3 is 0 Å². The number of likely N-dealkylation sites (N-methyl/N-ethyl adjacent to an activating group) is 1. The van der Waals surface area contributed by atoms with Crippen LogP contribution in [0, 0.1) is 0 Å². The van der Waals surface area contributed by atoms with Crippen LogP contribution >= 0.6 is 23.5 Å². The molecule has 2 aliphatic heterocycles. The molecule has 1 saturated heterocycles. The standard InChI is InChI=1S/C21H19N3O2S2/c1-4-24-19(26)18(20-23(3)16-7-5-6-8-17(16)27-20)28-21(24)22-15-11-9-14(10-12-15)13(2)25/h5-12H,4H2,1-3H3/b20-18-,22-21?. The van der Waals surface area contributed by atoms with E-state index in [0.29, 0.717) is 22.2 Å². The number of hydrogen-bond acceptors (Lipinski definition) is 6. The van der Waals surface area contributed by atoms with Crippen molar-refractivity contribution in [3.05, 3.63) is 64.0 Å². The molecule has 142 valence electrons. The molecule has 4 rings (SSSR count). The molecule has 7 heteroatoms. The third-order valence-corrected chi connectivity index (χ3v) is 7.04. The Morgan fingerprint density at radius 1 is 1.07 bits per heavy atom. The number of ketones is 1. The molecule has 2 aromatic carbocycles. The van der Waals surface area contributed by atoms with Crippen molar-refractivity contribution in [1.29, 1.82) is 0 Å². The number of amides is 1. The number of carbonyl (C=O) groups excluding carboxylic acids is 2. The van der Waals surface area contributed by atoms with Gasteiger partial charge in [0, 0.05) is 24.1 Å². The number of para-hydroxylation sites is 1. The minimum absolute atomic E-state index is 0.0197. The Bertz CT molecular complexity index is 1030. The average Bonchev–Trinajstić information content (AvgIpc) is 3.19. The van der Waals surface area contributed by atoms with Gasteiger partial charge in [-0.2, -0.15) is 0 Å². The molecule has 1 fully saturated rings. The zero-order valence-electron chi connectivity index (χ0n) is 15.8. The molecule has 2 heterocycles. The van der Waals surface area contributed by atoms with E-state index < -0.39 is 0 Å². The molecule has 0 saturated carbocycles. The highest BCUT2D eigenvalue weighted by Crippen LogP contribution is 2.49. The Morgan fingerprint density at radius 3 is 2.43 bits per heavy atom. The fraction of sp³-hybridized carbons (Fsp3) is 0.190. The van der Waals surface area contributed by atoms with E-state index >= 15 is 0 Å². The summed E-state index contributed by atoms with van der Waals surface area (Å²) >= 11 is 3.02. The van der Waals surface area contributed by atoms with Crippen LogP contribution in [0.3, 0.4) is 0 Å². The number of fused-ring (bicyclic) bond motifs is 1. The average molecular weight is 410 g/mol. The third kappa shape index (κ3) is 3.25. The maximum atomic E-state index is 13.0. The number of carbonyl (C=O) groups is 2. The maximum Gasteiger partial charge on any atom is 0.269 e. The number of Topliss-reactive ketones (excluding diaryl/α,β-unsaturated/α-hetero) is 1. The predicted octanol–water partition coefficient (Wildman–Crippen LogP) is 4.88. The quantitative estimate of drug-likeness (QED) is 0.534. The molecule has 0 atom stereocenters. The summed E-state index contributed by atoms with van der Waals surface area (Å²) in [6.07, 6.45) is 0. The molecule has 0 aliphatic carbocycles. The number of aliphatic imine (C=N–C) groups is 1. The van der Waals surface area contributed by atoms with Crippen LogP contribution in [0.2, 0.25) is 0 Å². The van der Waals surface area contributed by atoms with Crippen LogP contribution in [-0.2, 0) is 4.79 Å². The van der Waals surface area contributed by atoms with Gasteiger partial charge in [-0.3, -0.25) is 14.5 Å². The van der Waals surface area contributed by atoms with E-state index in [9.17, 15) is 9.59 Å². The zero-order valence-corrected chi connectivity index (χ0v) is 17.4. The largest absolute Gasteiger partial charge is 0.337 e. The molecule has 2 aliphatic rings. The Hall–Kier alpha value is -2.51. The van der Waals surface area contributed by atoms with Crippen LogP contribution in [0.4, 0.5) is 11.4 Å². The van der Waals surface area contributed by atoms with Gasteiger partial charge in [0.1, 0.15) is 4.91 Å². The molecule has 0 N–H and O–H groups in total. The maximum absolute atomic E-state index is 13.0. The smallest absolute Gasteiger partial charge is 0.269 e. The summed E-state index contributed by atoms with van der Waals surface area (Å²) in [4.78, 5) is 34.8. The van der Waals surface area contributed by atoms with Crippen LogP contribution in [0.25, 0.3) is 0 Å². The number of thioether (sulfide) groups is 2. The molecule has 2 aromatic rings. The van der Waals surface area contributed by atoms with E-state index in [0.717, 1.165) is 21.3 Å². The van der Waals surface area contributed by atoms with Gasteiger partial charge in [0.15, 0.2) is 11.0 Å². The lowest BCUT2D eigenvalue weighted by Crippen LogP contribution is -2.29. The second-order valence-electron chi connectivity index (χ2n) is 6.41. The summed E-state index contributed by atoms with van der Waals surface area (Å²) in [5, 5.41) is 1.60. The van der Waals surface area contributed by atoms with Crippen molar-refractivity contribution in [3.63, 3.8) is 0 Å². The fourth-order valence-corrected chi connectivity index (χ4v) is 5.49. The second kappa shape index (κ2) is 7.48. The second-order valence-corrected chi connectivity index (χ2v) is 8.42. The number of rotatable bonds is 3. The van der Waals surface area contributed by atoms with Gasteiger partial charge in [-0.15, -0.1) is 0 Å². The van der Waals surface area contributed by atoms with Gasteiger partial charge in [-0.25, -0.2) is 4.99 Å². The third-order valence-electron chi connectivity index (χ3n) is 4.61. The van der Waals surface area contributed by atoms with Crippen LogP contribution in [0.15, 0.2) is 68.4 Å². The topological polar surface area (TPSA) is 53.0 Å². The molecular weight excluding hydrogens is 390 g/mol. The van der Waals surface area contributed by atoms with Crippen LogP contribution < -0.4 is 4.90 Å². The molecule has 5 nitrogen and oxygen atoms in total. The molecule has 0 radical (unpaired) electrons. The highest BCUT2D eigenvalue weighted by molar-refractivity contribution is 8.19. The van der Waals surface area contributed by atoms with Crippen molar-refractivity contribution in [3.8, 4) is 0 Å². The molecule has 0 aromatic heterocycles. The van der Waals surface area contributed by atoms with E-state index in [4.69, 9.17) is 0 Å². The highest BCUT2D eigenvalue weighted by Gasteiger charge is 2.38. The summed E-state index contributed by atoms with van der Waals surface area (Å²) in [7, 11) is 1.99.